The smallest absolute Gasteiger partial charge is 0.338 e. The first-order valence-electron chi connectivity index (χ1n) is 9.33. The molecule has 6 nitrogen and oxygen atoms in total. The number of carbonyl (C=O) groups excluding carboxylic acids is 3. The Hall–Kier alpha value is -3.15. The highest BCUT2D eigenvalue weighted by atomic mass is 16.5. The van der Waals surface area contributed by atoms with Gasteiger partial charge < -0.3 is 14.5 Å². The van der Waals surface area contributed by atoms with Crippen molar-refractivity contribution in [1.29, 1.82) is 0 Å². The molecule has 0 N–H and O–H groups in total. The predicted octanol–water partition coefficient (Wildman–Crippen LogP) is 3.26. The first kappa shape index (κ1) is 21.2. The van der Waals surface area contributed by atoms with E-state index in [0.717, 1.165) is 5.56 Å². The average Bonchev–Trinajstić information content (AvgIpc) is 2.71. The number of esters is 1. The number of hydrogen-bond donors (Lipinski definition) is 0. The van der Waals surface area contributed by atoms with Crippen LogP contribution < -0.4 is 4.90 Å². The Morgan fingerprint density at radius 1 is 0.929 bits per heavy atom. The van der Waals surface area contributed by atoms with E-state index < -0.39 is 5.97 Å². The number of likely N-dealkylation sites (N-methyl/N-ethyl adjacent to an activating group) is 1. The molecule has 0 radical (unpaired) electrons. The molecule has 2 aromatic rings. The second-order valence-corrected chi connectivity index (χ2v) is 6.27. The monoisotopic (exact) mass is 382 g/mol. The molecule has 0 unspecified atom stereocenters. The van der Waals surface area contributed by atoms with Crippen molar-refractivity contribution < 1.29 is 19.1 Å². The van der Waals surface area contributed by atoms with Crippen LogP contribution in [0.1, 0.15) is 36.7 Å². The third kappa shape index (κ3) is 5.67. The van der Waals surface area contributed by atoms with E-state index in [0.29, 0.717) is 30.9 Å². The molecule has 0 aromatic heterocycles. The molecular formula is C22H26N2O4. The van der Waals surface area contributed by atoms with Crippen molar-refractivity contribution in [2.45, 2.75) is 27.3 Å². The van der Waals surface area contributed by atoms with Crippen molar-refractivity contribution in [3.8, 4) is 0 Å². The van der Waals surface area contributed by atoms with Crippen LogP contribution in [0.4, 0.5) is 5.69 Å². The van der Waals surface area contributed by atoms with Gasteiger partial charge >= 0.3 is 5.97 Å². The standard InChI is InChI=1S/C22H26N2O4/c1-4-23(15-18-9-7-6-8-10-18)21(26)16-24(17(3)25)20-13-11-19(12-14-20)22(27)28-5-2/h6-14H,4-5,15-16H2,1-3H3. The Morgan fingerprint density at radius 3 is 2.11 bits per heavy atom. The van der Waals surface area contributed by atoms with Gasteiger partial charge in [0.1, 0.15) is 6.54 Å². The Labute approximate surface area is 165 Å². The zero-order valence-electron chi connectivity index (χ0n) is 16.6. The van der Waals surface area contributed by atoms with Crippen molar-refractivity contribution in [3.05, 3.63) is 65.7 Å². The zero-order valence-corrected chi connectivity index (χ0v) is 16.6. The summed E-state index contributed by atoms with van der Waals surface area (Å²) in [6, 6.07) is 16.2. The molecule has 0 aliphatic carbocycles. The van der Waals surface area contributed by atoms with Crippen molar-refractivity contribution in [3.63, 3.8) is 0 Å². The van der Waals surface area contributed by atoms with E-state index in [1.165, 1.54) is 11.8 Å². The second kappa shape index (κ2) is 10.3. The van der Waals surface area contributed by atoms with Crippen molar-refractivity contribution in [2.24, 2.45) is 0 Å². The highest BCUT2D eigenvalue weighted by Crippen LogP contribution is 2.17. The highest BCUT2D eigenvalue weighted by molar-refractivity contribution is 5.98. The SMILES string of the molecule is CCOC(=O)c1ccc(N(CC(=O)N(CC)Cc2ccccc2)C(C)=O)cc1. The van der Waals surface area contributed by atoms with Gasteiger partial charge in [-0.05, 0) is 43.7 Å². The Balaban J connectivity index is 2.11. The lowest BCUT2D eigenvalue weighted by Crippen LogP contribution is -2.42. The van der Waals surface area contributed by atoms with E-state index in [9.17, 15) is 14.4 Å². The molecule has 0 heterocycles. The largest absolute Gasteiger partial charge is 0.462 e. The summed E-state index contributed by atoms with van der Waals surface area (Å²) in [6.07, 6.45) is 0. The molecule has 0 spiro atoms. The summed E-state index contributed by atoms with van der Waals surface area (Å²) in [6.45, 7) is 6.33. The minimum atomic E-state index is -0.417. The van der Waals surface area contributed by atoms with E-state index in [1.54, 1.807) is 36.1 Å². The molecule has 0 fully saturated rings. The zero-order chi connectivity index (χ0) is 20.5. The lowest BCUT2D eigenvalue weighted by molar-refractivity contribution is -0.131. The van der Waals surface area contributed by atoms with Crippen LogP contribution in [0.5, 0.6) is 0 Å². The summed E-state index contributed by atoms with van der Waals surface area (Å²) in [5.41, 5.74) is 2.00. The maximum absolute atomic E-state index is 12.8. The van der Waals surface area contributed by atoms with Crippen molar-refractivity contribution in [1.82, 2.24) is 4.90 Å². The van der Waals surface area contributed by atoms with Gasteiger partial charge in [-0.2, -0.15) is 0 Å². The van der Waals surface area contributed by atoms with Crippen LogP contribution in [0.15, 0.2) is 54.6 Å². The number of ether oxygens (including phenoxy) is 1. The van der Waals surface area contributed by atoms with Gasteiger partial charge in [0.15, 0.2) is 0 Å². The van der Waals surface area contributed by atoms with Gasteiger partial charge in [-0.1, -0.05) is 30.3 Å². The Morgan fingerprint density at radius 2 is 1.57 bits per heavy atom. The molecule has 2 aromatic carbocycles. The molecule has 0 saturated heterocycles. The number of nitrogens with zero attached hydrogens (tertiary/aromatic N) is 2. The number of rotatable bonds is 8. The molecule has 6 heteroatoms. The molecular weight excluding hydrogens is 356 g/mol. The van der Waals surface area contributed by atoms with E-state index in [2.05, 4.69) is 0 Å². The van der Waals surface area contributed by atoms with Gasteiger partial charge in [-0.15, -0.1) is 0 Å². The number of anilines is 1. The highest BCUT2D eigenvalue weighted by Gasteiger charge is 2.20. The number of carbonyl (C=O) groups is 3. The van der Waals surface area contributed by atoms with Gasteiger partial charge in [-0.3, -0.25) is 9.59 Å². The van der Waals surface area contributed by atoms with Gasteiger partial charge in [0.25, 0.3) is 0 Å². The molecule has 0 aliphatic heterocycles. The molecule has 0 atom stereocenters. The summed E-state index contributed by atoms with van der Waals surface area (Å²) in [5.74, 6) is -0.802. The fraction of sp³-hybridized carbons (Fsp3) is 0.318. The molecule has 28 heavy (non-hydrogen) atoms. The maximum Gasteiger partial charge on any atom is 0.338 e. The fourth-order valence-corrected chi connectivity index (χ4v) is 2.79. The maximum atomic E-state index is 12.8. The second-order valence-electron chi connectivity index (χ2n) is 6.27. The van der Waals surface area contributed by atoms with Crippen LogP contribution in [0.2, 0.25) is 0 Å². The van der Waals surface area contributed by atoms with Gasteiger partial charge in [0.2, 0.25) is 11.8 Å². The molecule has 0 bridgehead atoms. The van der Waals surface area contributed by atoms with Crippen LogP contribution in [0, 0.1) is 0 Å². The van der Waals surface area contributed by atoms with Gasteiger partial charge in [0, 0.05) is 25.7 Å². The lowest BCUT2D eigenvalue weighted by atomic mass is 10.2. The quantitative estimate of drug-likeness (QED) is 0.657. The normalized spacial score (nSPS) is 10.2. The number of benzene rings is 2. The van der Waals surface area contributed by atoms with Crippen LogP contribution in [0.3, 0.4) is 0 Å². The van der Waals surface area contributed by atoms with Crippen LogP contribution in [-0.2, 0) is 20.9 Å². The molecule has 148 valence electrons. The summed E-state index contributed by atoms with van der Waals surface area (Å²) in [5, 5.41) is 0. The molecule has 2 amide bonds. The molecule has 0 saturated carbocycles. The third-order valence-electron chi connectivity index (χ3n) is 4.31. The van der Waals surface area contributed by atoms with Crippen molar-refractivity contribution >= 4 is 23.5 Å². The minimum absolute atomic E-state index is 0.0608. The number of amides is 2. The molecule has 2 rings (SSSR count). The van der Waals surface area contributed by atoms with E-state index >= 15 is 0 Å². The predicted molar refractivity (Wildman–Crippen MR) is 108 cm³/mol. The number of hydrogen-bond acceptors (Lipinski definition) is 4. The Kier molecular flexibility index (Phi) is 7.75. The van der Waals surface area contributed by atoms with Crippen LogP contribution in [-0.4, -0.2) is 42.4 Å². The summed E-state index contributed by atoms with van der Waals surface area (Å²) in [4.78, 5) is 39.8. The van der Waals surface area contributed by atoms with E-state index in [4.69, 9.17) is 4.74 Å². The summed E-state index contributed by atoms with van der Waals surface area (Å²) < 4.78 is 4.96. The molecule has 0 aliphatic rings. The average molecular weight is 382 g/mol. The topological polar surface area (TPSA) is 66.9 Å². The Bertz CT molecular complexity index is 803. The fourth-order valence-electron chi connectivity index (χ4n) is 2.79. The van der Waals surface area contributed by atoms with Gasteiger partial charge in [-0.25, -0.2) is 4.79 Å². The van der Waals surface area contributed by atoms with Crippen LogP contribution in [0.25, 0.3) is 0 Å². The van der Waals surface area contributed by atoms with Gasteiger partial charge in [0.05, 0.1) is 12.2 Å². The lowest BCUT2D eigenvalue weighted by Gasteiger charge is -2.26. The van der Waals surface area contributed by atoms with Crippen molar-refractivity contribution in [2.75, 3.05) is 24.6 Å². The summed E-state index contributed by atoms with van der Waals surface area (Å²) >= 11 is 0. The first-order valence-corrected chi connectivity index (χ1v) is 9.33. The summed E-state index contributed by atoms with van der Waals surface area (Å²) in [7, 11) is 0. The van der Waals surface area contributed by atoms with E-state index in [1.807, 2.05) is 37.3 Å². The first-order chi connectivity index (χ1) is 13.5. The van der Waals surface area contributed by atoms with Crippen LogP contribution >= 0.6 is 0 Å². The minimum Gasteiger partial charge on any atom is -0.462 e. The third-order valence-corrected chi connectivity index (χ3v) is 4.31. The van der Waals surface area contributed by atoms with E-state index in [-0.39, 0.29) is 18.4 Å².